The van der Waals surface area contributed by atoms with Crippen molar-refractivity contribution in [3.05, 3.63) is 174 Å². The Kier molecular flexibility index (Phi) is 26.7. The number of ether oxygens (including phenoxy) is 1. The zero-order valence-corrected chi connectivity index (χ0v) is 48.2. The van der Waals surface area contributed by atoms with E-state index in [0.29, 0.717) is 52.0 Å². The summed E-state index contributed by atoms with van der Waals surface area (Å²) in [5, 5.41) is 21.9. The van der Waals surface area contributed by atoms with Gasteiger partial charge in [-0.05, 0) is 73.2 Å². The molecular formula is C49H41BrCl4K2O9S. The van der Waals surface area contributed by atoms with Crippen LogP contribution in [-0.2, 0) is 9.68 Å². The summed E-state index contributed by atoms with van der Waals surface area (Å²) < 4.78 is 17.7. The Bertz CT molecular complexity index is 3010. The Morgan fingerprint density at radius 2 is 1.12 bits per heavy atom. The van der Waals surface area contributed by atoms with Crippen LogP contribution >= 0.6 is 75.8 Å². The standard InChI is InChI=1S/C24H18Cl2O3.C20H12Cl2O3.C4H7Br.CH2O3.2K.H2S.H/c1-3-4-9-28-23-13-22-17(11-19(23)26)24(15-8-6-5-7-14(15)2)16-10-18(25)20(27)12-21(16)29-22;1-10-4-2-3-5-11(10)20-12-6-14(21)16(23)8-18(12)25-19-9-17(24)15(22)7-13(19)20;1-2-3-4-5;2-1-4-3;;;;/h3,5-8,10-13H,1,4,9H2,2H3;2-9,23H,1H3;2H,1,3-4H2;1,3H;;;1H2;/q;;;;2*+1;;-1/p-1. The molecule has 4 aliphatic rings. The number of fused-ring (bicyclic) bond motifs is 4. The van der Waals surface area contributed by atoms with Crippen LogP contribution in [0.5, 0.6) is 11.5 Å². The number of halogens is 5. The number of aryl methyl sites for hydroxylation is 2. The number of hydrogen-bond donors (Lipinski definition) is 1. The van der Waals surface area contributed by atoms with Gasteiger partial charge in [0.05, 0.1) is 26.7 Å². The fourth-order valence-corrected chi connectivity index (χ4v) is 7.55. The molecule has 1 N–H and O–H groups in total. The molecule has 9 nitrogen and oxygen atoms in total. The molecule has 0 spiro atoms. The molecule has 2 aliphatic heterocycles. The van der Waals surface area contributed by atoms with E-state index in [1.807, 2.05) is 74.5 Å². The average Bonchev–Trinajstić information content (AvgIpc) is 3.26. The summed E-state index contributed by atoms with van der Waals surface area (Å²) in [4.78, 5) is 35.3. The predicted octanol–water partition coefficient (Wildman–Crippen LogP) is 7.65. The second-order valence-corrected chi connectivity index (χ2v) is 16.0. The molecule has 0 amide bonds. The zero-order chi connectivity index (χ0) is 45.8. The second-order valence-electron chi connectivity index (χ2n) is 13.6. The van der Waals surface area contributed by atoms with Crippen LogP contribution in [0, 0.1) is 13.8 Å². The third-order valence-corrected chi connectivity index (χ3v) is 11.1. The fourth-order valence-electron chi connectivity index (χ4n) is 6.52. The van der Waals surface area contributed by atoms with Crippen molar-refractivity contribution in [3.63, 3.8) is 0 Å². The van der Waals surface area contributed by atoms with Crippen molar-refractivity contribution in [2.45, 2.75) is 26.7 Å². The first-order valence-corrected chi connectivity index (χ1v) is 21.6. The maximum atomic E-state index is 12.1. The van der Waals surface area contributed by atoms with Crippen molar-refractivity contribution in [1.82, 2.24) is 0 Å². The number of phenolic OH excluding ortho intramolecular Hbond substituents is 1. The van der Waals surface area contributed by atoms with Gasteiger partial charge in [-0.15, -0.1) is 13.2 Å². The number of allylic oxidation sites excluding steroid dienone is 1. The molecule has 0 bridgehead atoms. The molecule has 4 aromatic rings. The van der Waals surface area contributed by atoms with Crippen molar-refractivity contribution in [2.24, 2.45) is 0 Å². The quantitative estimate of drug-likeness (QED) is 0.0226. The van der Waals surface area contributed by atoms with Crippen LogP contribution in [0.1, 0.15) is 25.4 Å². The first kappa shape index (κ1) is 60.2. The van der Waals surface area contributed by atoms with Gasteiger partial charge in [-0.2, -0.15) is 13.5 Å². The Morgan fingerprint density at radius 3 is 1.53 bits per heavy atom. The van der Waals surface area contributed by atoms with Crippen LogP contribution in [0.15, 0.2) is 141 Å². The van der Waals surface area contributed by atoms with E-state index in [1.165, 1.54) is 18.2 Å². The maximum absolute atomic E-state index is 12.1. The van der Waals surface area contributed by atoms with Crippen molar-refractivity contribution in [2.75, 3.05) is 11.9 Å². The number of aromatic hydroxyl groups is 1. The van der Waals surface area contributed by atoms with Crippen LogP contribution in [0.4, 0.5) is 0 Å². The third-order valence-electron chi connectivity index (χ3n) is 9.43. The molecule has 0 radical (unpaired) electrons. The molecule has 0 atom stereocenters. The van der Waals surface area contributed by atoms with Crippen molar-refractivity contribution >= 4 is 104 Å². The van der Waals surface area contributed by atoms with Crippen molar-refractivity contribution in [3.8, 4) is 56.4 Å². The number of alkyl halides is 1. The SMILES string of the molecule is C=CCCBr.C=CCCOc1cc2oc3cc(=O)c(Cl)cc-3c(-c3ccccc3C)c2cc1Cl.Cc1ccccc1-c1c2cc(Cl)c(=O)cc-2oc2cc(O)c(Cl)cc12.O=CO[O-].S.[H-].[K+].[K+]. The van der Waals surface area contributed by atoms with Crippen LogP contribution < -0.4 is 124 Å². The average molecular weight is 1110 g/mol. The van der Waals surface area contributed by atoms with Gasteiger partial charge in [0.15, 0.2) is 0 Å². The summed E-state index contributed by atoms with van der Waals surface area (Å²) in [5.74, 6) is 1.31. The van der Waals surface area contributed by atoms with E-state index < -0.39 is 0 Å². The van der Waals surface area contributed by atoms with Crippen LogP contribution in [0.25, 0.3) is 66.8 Å². The third kappa shape index (κ3) is 15.0. The monoisotopic (exact) mass is 1100 g/mol. The number of hydrogen-bond acceptors (Lipinski definition) is 9. The van der Waals surface area contributed by atoms with Gasteiger partial charge >= 0.3 is 103 Å². The summed E-state index contributed by atoms with van der Waals surface area (Å²) in [6.07, 6.45) is 5.44. The Hall–Kier alpha value is -1.97. The van der Waals surface area contributed by atoms with E-state index in [4.69, 9.17) is 70.0 Å². The van der Waals surface area contributed by atoms with Crippen molar-refractivity contribution < 1.29 is 138 Å². The van der Waals surface area contributed by atoms with E-state index >= 15 is 0 Å². The molecule has 334 valence electrons. The number of carbonyl (C=O) groups excluding carboxylic acids is 1. The van der Waals surface area contributed by atoms with Gasteiger partial charge in [0, 0.05) is 62.6 Å². The normalized spacial score (nSPS) is 10.1. The minimum atomic E-state index is -0.314. The van der Waals surface area contributed by atoms with E-state index in [0.717, 1.165) is 61.5 Å². The molecular weight excluding hydrogens is 1060 g/mol. The van der Waals surface area contributed by atoms with Crippen LogP contribution in [0.3, 0.4) is 0 Å². The number of benzene rings is 6. The van der Waals surface area contributed by atoms with Gasteiger partial charge in [-0.3, -0.25) is 14.4 Å². The van der Waals surface area contributed by atoms with Gasteiger partial charge in [0.2, 0.25) is 10.9 Å². The molecule has 2 aliphatic carbocycles. The minimum absolute atomic E-state index is 0. The molecule has 0 saturated carbocycles. The van der Waals surface area contributed by atoms with Gasteiger partial charge < -0.3 is 30.2 Å². The molecule has 0 fully saturated rings. The van der Waals surface area contributed by atoms with Gasteiger partial charge in [0.1, 0.15) is 34.2 Å². The van der Waals surface area contributed by atoms with Gasteiger partial charge in [-0.1, -0.05) is 123 Å². The second kappa shape index (κ2) is 29.3. The van der Waals surface area contributed by atoms with Crippen LogP contribution in [-0.4, -0.2) is 23.5 Å². The van der Waals surface area contributed by atoms with E-state index in [9.17, 15) is 14.7 Å². The number of rotatable bonds is 9. The summed E-state index contributed by atoms with van der Waals surface area (Å²) in [5.41, 5.74) is 7.81. The zero-order valence-electron chi connectivity index (χ0n) is 37.3. The van der Waals surface area contributed by atoms with Gasteiger partial charge in [-0.25, -0.2) is 0 Å². The molecule has 0 aromatic heterocycles. The van der Waals surface area contributed by atoms with Crippen molar-refractivity contribution in [1.29, 1.82) is 0 Å². The maximum Gasteiger partial charge on any atom is 1.00 e. The smallest absolute Gasteiger partial charge is 1.00 e. The van der Waals surface area contributed by atoms with E-state index in [2.05, 4.69) is 34.0 Å². The Morgan fingerprint density at radius 1 is 0.682 bits per heavy atom. The summed E-state index contributed by atoms with van der Waals surface area (Å²) in [6, 6.07) is 28.7. The molecule has 0 unspecified atom stereocenters. The Labute approximate surface area is 503 Å². The number of phenols is 1. The number of carbonyl (C=O) groups is 1. The molecule has 0 saturated heterocycles. The Balaban J connectivity index is 0.000000543. The summed E-state index contributed by atoms with van der Waals surface area (Å²) in [6.45, 7) is 11.5. The topological polar surface area (TPSA) is 139 Å². The molecule has 4 aromatic carbocycles. The molecule has 2 heterocycles. The first-order chi connectivity index (χ1) is 30.3. The first-order valence-electron chi connectivity index (χ1n) is 19.0. The largest absolute Gasteiger partial charge is 1.00 e. The molecule has 8 rings (SSSR count). The minimum Gasteiger partial charge on any atom is -1.00 e. The van der Waals surface area contributed by atoms with Gasteiger partial charge in [0.25, 0.3) is 6.47 Å². The molecule has 17 heteroatoms. The predicted molar refractivity (Wildman–Crippen MR) is 268 cm³/mol. The van der Waals surface area contributed by atoms with E-state index in [1.54, 1.807) is 30.3 Å². The van der Waals surface area contributed by atoms with Crippen LogP contribution in [0.2, 0.25) is 20.1 Å². The fraction of sp³-hybridized carbons (Fsp3) is 0.122. The summed E-state index contributed by atoms with van der Waals surface area (Å²) >= 11 is 28.1. The summed E-state index contributed by atoms with van der Waals surface area (Å²) in [7, 11) is 0. The van der Waals surface area contributed by atoms with E-state index in [-0.39, 0.29) is 156 Å². The molecule has 66 heavy (non-hydrogen) atoms.